The molecule has 1 amide bonds. The van der Waals surface area contributed by atoms with Gasteiger partial charge in [-0.25, -0.2) is 0 Å². The van der Waals surface area contributed by atoms with Crippen molar-refractivity contribution in [3.63, 3.8) is 0 Å². The van der Waals surface area contributed by atoms with E-state index in [1.54, 1.807) is 0 Å². The highest BCUT2D eigenvalue weighted by molar-refractivity contribution is 9.10. The van der Waals surface area contributed by atoms with E-state index in [1.807, 2.05) is 23.8 Å². The van der Waals surface area contributed by atoms with Crippen molar-refractivity contribution < 1.29 is 4.79 Å². The van der Waals surface area contributed by atoms with Gasteiger partial charge in [-0.3, -0.25) is 4.79 Å². The van der Waals surface area contributed by atoms with Crippen LogP contribution in [0.4, 0.5) is 0 Å². The van der Waals surface area contributed by atoms with Gasteiger partial charge in [0.1, 0.15) is 5.69 Å². The minimum atomic E-state index is -0.0324. The van der Waals surface area contributed by atoms with E-state index >= 15 is 0 Å². The SMILES string of the molecule is CCC(NC(=O)c1cc(Br)cn1CC)c1ccc(C)cc1. The number of nitrogens with zero attached hydrogens (tertiary/aromatic N) is 1. The van der Waals surface area contributed by atoms with Gasteiger partial charge in [-0.15, -0.1) is 0 Å². The van der Waals surface area contributed by atoms with Gasteiger partial charge in [0.05, 0.1) is 6.04 Å². The highest BCUT2D eigenvalue weighted by atomic mass is 79.9. The number of amides is 1. The fraction of sp³-hybridized carbons (Fsp3) is 0.353. The van der Waals surface area contributed by atoms with Crippen LogP contribution in [0.2, 0.25) is 0 Å². The van der Waals surface area contributed by atoms with Crippen LogP contribution in [-0.2, 0) is 6.54 Å². The summed E-state index contributed by atoms with van der Waals surface area (Å²) in [6.07, 6.45) is 2.80. The van der Waals surface area contributed by atoms with Crippen LogP contribution in [0.15, 0.2) is 41.0 Å². The molecule has 1 unspecified atom stereocenters. The van der Waals surface area contributed by atoms with Crippen molar-refractivity contribution >= 4 is 21.8 Å². The lowest BCUT2D eigenvalue weighted by atomic mass is 10.0. The van der Waals surface area contributed by atoms with Gasteiger partial charge in [0.25, 0.3) is 5.91 Å². The summed E-state index contributed by atoms with van der Waals surface area (Å²) in [5.41, 5.74) is 3.06. The molecule has 0 aliphatic rings. The minimum Gasteiger partial charge on any atom is -0.344 e. The molecule has 0 saturated carbocycles. The maximum atomic E-state index is 12.5. The average molecular weight is 349 g/mol. The molecule has 1 N–H and O–H groups in total. The summed E-state index contributed by atoms with van der Waals surface area (Å²) >= 11 is 3.43. The molecule has 1 aromatic heterocycles. The molecule has 3 nitrogen and oxygen atoms in total. The summed E-state index contributed by atoms with van der Waals surface area (Å²) in [5, 5.41) is 3.13. The van der Waals surface area contributed by atoms with Crippen LogP contribution in [0, 0.1) is 6.92 Å². The number of aromatic nitrogens is 1. The third-order valence-electron chi connectivity index (χ3n) is 3.63. The Morgan fingerprint density at radius 2 is 1.95 bits per heavy atom. The summed E-state index contributed by atoms with van der Waals surface area (Å²) in [7, 11) is 0. The van der Waals surface area contributed by atoms with E-state index in [-0.39, 0.29) is 11.9 Å². The highest BCUT2D eigenvalue weighted by Crippen LogP contribution is 2.20. The Morgan fingerprint density at radius 3 is 2.52 bits per heavy atom. The number of hydrogen-bond acceptors (Lipinski definition) is 1. The van der Waals surface area contributed by atoms with E-state index in [0.717, 1.165) is 23.0 Å². The summed E-state index contributed by atoms with van der Waals surface area (Å²) < 4.78 is 2.87. The van der Waals surface area contributed by atoms with Crippen LogP contribution in [0.3, 0.4) is 0 Å². The molecule has 0 radical (unpaired) electrons. The first kappa shape index (κ1) is 15.8. The summed E-state index contributed by atoms with van der Waals surface area (Å²) in [6.45, 7) is 6.95. The van der Waals surface area contributed by atoms with Crippen molar-refractivity contribution in [3.05, 3.63) is 57.8 Å². The van der Waals surface area contributed by atoms with Crippen molar-refractivity contribution in [2.75, 3.05) is 0 Å². The molecule has 21 heavy (non-hydrogen) atoms. The third-order valence-corrected chi connectivity index (χ3v) is 4.06. The normalized spacial score (nSPS) is 12.2. The minimum absolute atomic E-state index is 0.0324. The van der Waals surface area contributed by atoms with Gasteiger partial charge in [-0.2, -0.15) is 0 Å². The molecule has 0 bridgehead atoms. The summed E-state index contributed by atoms with van der Waals surface area (Å²) in [5.74, 6) is -0.0324. The zero-order valence-electron chi connectivity index (χ0n) is 12.7. The Hall–Kier alpha value is -1.55. The van der Waals surface area contributed by atoms with Gasteiger partial charge in [-0.05, 0) is 47.8 Å². The second kappa shape index (κ2) is 6.94. The number of benzene rings is 1. The number of aryl methyl sites for hydroxylation is 2. The molecule has 1 atom stereocenters. The monoisotopic (exact) mass is 348 g/mol. The maximum absolute atomic E-state index is 12.5. The molecule has 0 spiro atoms. The molecule has 1 heterocycles. The lowest BCUT2D eigenvalue weighted by Gasteiger charge is -2.18. The number of nitrogens with one attached hydrogen (secondary N) is 1. The second-order valence-corrected chi connectivity index (χ2v) is 6.09. The molecule has 4 heteroatoms. The molecule has 0 fully saturated rings. The molecular weight excluding hydrogens is 328 g/mol. The van der Waals surface area contributed by atoms with Crippen molar-refractivity contribution in [2.45, 2.75) is 39.8 Å². The van der Waals surface area contributed by atoms with E-state index in [4.69, 9.17) is 0 Å². The topological polar surface area (TPSA) is 34.0 Å². The first-order valence-electron chi connectivity index (χ1n) is 7.28. The van der Waals surface area contributed by atoms with Crippen LogP contribution < -0.4 is 5.32 Å². The molecule has 0 aliphatic heterocycles. The van der Waals surface area contributed by atoms with Crippen LogP contribution in [0.1, 0.15) is 47.9 Å². The van der Waals surface area contributed by atoms with Crippen LogP contribution in [0.5, 0.6) is 0 Å². The van der Waals surface area contributed by atoms with Gasteiger partial charge in [0.2, 0.25) is 0 Å². The zero-order valence-corrected chi connectivity index (χ0v) is 14.3. The number of halogens is 1. The van der Waals surface area contributed by atoms with Crippen LogP contribution in [-0.4, -0.2) is 10.5 Å². The molecule has 0 saturated heterocycles. The summed E-state index contributed by atoms with van der Waals surface area (Å²) in [6, 6.07) is 10.2. The maximum Gasteiger partial charge on any atom is 0.268 e. The fourth-order valence-electron chi connectivity index (χ4n) is 2.38. The number of rotatable bonds is 5. The number of carbonyl (C=O) groups is 1. The van der Waals surface area contributed by atoms with E-state index in [1.165, 1.54) is 5.56 Å². The first-order chi connectivity index (χ1) is 10.0. The van der Waals surface area contributed by atoms with Crippen molar-refractivity contribution in [1.82, 2.24) is 9.88 Å². The molecule has 1 aromatic carbocycles. The second-order valence-electron chi connectivity index (χ2n) is 5.17. The van der Waals surface area contributed by atoms with Crippen LogP contribution in [0.25, 0.3) is 0 Å². The third kappa shape index (κ3) is 3.76. The Kier molecular flexibility index (Phi) is 5.23. The van der Waals surface area contributed by atoms with Crippen molar-refractivity contribution in [2.24, 2.45) is 0 Å². The predicted octanol–water partition coefficient (Wildman–Crippen LogP) is 4.46. The van der Waals surface area contributed by atoms with E-state index in [0.29, 0.717) is 5.69 Å². The van der Waals surface area contributed by atoms with Crippen molar-refractivity contribution in [1.29, 1.82) is 0 Å². The molecule has 112 valence electrons. The van der Waals surface area contributed by atoms with Gasteiger partial charge >= 0.3 is 0 Å². The smallest absolute Gasteiger partial charge is 0.268 e. The van der Waals surface area contributed by atoms with Crippen molar-refractivity contribution in [3.8, 4) is 0 Å². The fourth-order valence-corrected chi connectivity index (χ4v) is 2.84. The Morgan fingerprint density at radius 1 is 1.29 bits per heavy atom. The first-order valence-corrected chi connectivity index (χ1v) is 8.07. The lowest BCUT2D eigenvalue weighted by molar-refractivity contribution is 0.0926. The van der Waals surface area contributed by atoms with Gasteiger partial charge < -0.3 is 9.88 Å². The van der Waals surface area contributed by atoms with Gasteiger partial charge in [0.15, 0.2) is 0 Å². The van der Waals surface area contributed by atoms with E-state index < -0.39 is 0 Å². The van der Waals surface area contributed by atoms with E-state index in [2.05, 4.69) is 59.4 Å². The van der Waals surface area contributed by atoms with E-state index in [9.17, 15) is 4.79 Å². The average Bonchev–Trinajstić information content (AvgIpc) is 2.87. The Bertz CT molecular complexity index is 616. The largest absolute Gasteiger partial charge is 0.344 e. The quantitative estimate of drug-likeness (QED) is 0.850. The number of hydrogen-bond donors (Lipinski definition) is 1. The molecule has 2 aromatic rings. The standard InChI is InChI=1S/C17H21BrN2O/c1-4-15(13-8-6-12(3)7-9-13)19-17(21)16-10-14(18)11-20(16)5-2/h6-11,15H,4-5H2,1-3H3,(H,19,21). The molecule has 0 aliphatic carbocycles. The Balaban J connectivity index is 2.18. The molecule has 2 rings (SSSR count). The zero-order chi connectivity index (χ0) is 15.4. The van der Waals surface area contributed by atoms with Gasteiger partial charge in [0, 0.05) is 17.2 Å². The Labute approximate surface area is 134 Å². The predicted molar refractivity (Wildman–Crippen MR) is 89.5 cm³/mol. The van der Waals surface area contributed by atoms with Crippen LogP contribution >= 0.6 is 15.9 Å². The number of carbonyl (C=O) groups excluding carboxylic acids is 1. The van der Waals surface area contributed by atoms with Gasteiger partial charge in [-0.1, -0.05) is 36.8 Å². The summed E-state index contributed by atoms with van der Waals surface area (Å²) in [4.78, 5) is 12.5. The highest BCUT2D eigenvalue weighted by Gasteiger charge is 2.17. The lowest BCUT2D eigenvalue weighted by Crippen LogP contribution is -2.29. The molecular formula is C17H21BrN2O.